The van der Waals surface area contributed by atoms with Crippen molar-refractivity contribution in [1.82, 2.24) is 4.98 Å². The van der Waals surface area contributed by atoms with Gasteiger partial charge in [0.25, 0.3) is 5.88 Å². The number of carboxylic acids is 1. The molecular weight excluding hydrogens is 307 g/mol. The molecule has 0 aliphatic rings. The number of nitro groups is 1. The van der Waals surface area contributed by atoms with Crippen molar-refractivity contribution in [3.63, 3.8) is 0 Å². The van der Waals surface area contributed by atoms with Crippen molar-refractivity contribution in [2.75, 3.05) is 0 Å². The number of hydrogen-bond acceptors (Lipinski definition) is 5. The zero-order valence-corrected chi connectivity index (χ0v) is 10.9. The zero-order chi connectivity index (χ0) is 15.6. The lowest BCUT2D eigenvalue weighted by Gasteiger charge is -2.06. The Morgan fingerprint density at radius 3 is 2.67 bits per heavy atom. The van der Waals surface area contributed by atoms with Gasteiger partial charge in [0.2, 0.25) is 0 Å². The van der Waals surface area contributed by atoms with Crippen molar-refractivity contribution >= 4 is 23.3 Å². The van der Waals surface area contributed by atoms with Crippen LogP contribution in [0.5, 0.6) is 11.6 Å². The highest BCUT2D eigenvalue weighted by molar-refractivity contribution is 6.30. The number of carboxylic acid groups (broad SMARTS) is 1. The molecule has 0 unspecified atom stereocenters. The number of halogens is 2. The summed E-state index contributed by atoms with van der Waals surface area (Å²) in [6, 6.07) is 5.21. The summed E-state index contributed by atoms with van der Waals surface area (Å²) in [5.41, 5.74) is -0.954. The van der Waals surface area contributed by atoms with Crippen LogP contribution >= 0.6 is 11.6 Å². The standard InChI is InChI=1S/C12H6ClFN2O5/c13-7-5-6(1-2-8(7)14)21-11-10(16(19)20)4-3-9(15-11)12(17)18/h1-5H,(H,17,18). The molecule has 9 heteroatoms. The molecule has 0 saturated carbocycles. The molecule has 1 N–H and O–H groups in total. The second-order valence-corrected chi connectivity index (χ2v) is 4.17. The van der Waals surface area contributed by atoms with Crippen molar-refractivity contribution in [3.05, 3.63) is 57.0 Å². The maximum atomic E-state index is 13.0. The van der Waals surface area contributed by atoms with Crippen LogP contribution in [0.4, 0.5) is 10.1 Å². The Kier molecular flexibility index (Phi) is 3.99. The normalized spacial score (nSPS) is 10.2. The molecule has 108 valence electrons. The molecule has 7 nitrogen and oxygen atoms in total. The molecule has 0 aliphatic carbocycles. The van der Waals surface area contributed by atoms with Gasteiger partial charge in [-0.3, -0.25) is 10.1 Å². The summed E-state index contributed by atoms with van der Waals surface area (Å²) in [6.45, 7) is 0. The number of aromatic carboxylic acids is 1. The van der Waals surface area contributed by atoms with Gasteiger partial charge in [0, 0.05) is 12.1 Å². The van der Waals surface area contributed by atoms with Crippen LogP contribution in [0.25, 0.3) is 0 Å². The molecule has 0 aliphatic heterocycles. The number of nitrogens with zero attached hydrogens (tertiary/aromatic N) is 2. The van der Waals surface area contributed by atoms with Gasteiger partial charge >= 0.3 is 11.7 Å². The molecule has 0 bridgehead atoms. The largest absolute Gasteiger partial charge is 0.477 e. The number of carbonyl (C=O) groups is 1. The number of ether oxygens (including phenoxy) is 1. The van der Waals surface area contributed by atoms with Crippen LogP contribution in [0.2, 0.25) is 5.02 Å². The highest BCUT2D eigenvalue weighted by Gasteiger charge is 2.21. The highest BCUT2D eigenvalue weighted by Crippen LogP contribution is 2.31. The molecule has 2 aromatic rings. The summed E-state index contributed by atoms with van der Waals surface area (Å²) in [5, 5.41) is 19.4. The van der Waals surface area contributed by atoms with Crippen LogP contribution in [-0.4, -0.2) is 21.0 Å². The van der Waals surface area contributed by atoms with Gasteiger partial charge in [-0.15, -0.1) is 0 Å². The molecule has 0 amide bonds. The SMILES string of the molecule is O=C(O)c1ccc([N+](=O)[O-])c(Oc2ccc(F)c(Cl)c2)n1. The predicted molar refractivity (Wildman–Crippen MR) is 69.3 cm³/mol. The Hall–Kier alpha value is -2.74. The van der Waals surface area contributed by atoms with E-state index < -0.39 is 34.0 Å². The first kappa shape index (κ1) is 14.7. The topological polar surface area (TPSA) is 103 Å². The van der Waals surface area contributed by atoms with E-state index in [1.54, 1.807) is 0 Å². The van der Waals surface area contributed by atoms with E-state index in [2.05, 4.69) is 4.98 Å². The van der Waals surface area contributed by atoms with Crippen molar-refractivity contribution < 1.29 is 24.0 Å². The van der Waals surface area contributed by atoms with Crippen LogP contribution in [0.15, 0.2) is 30.3 Å². The fourth-order valence-corrected chi connectivity index (χ4v) is 1.59. The van der Waals surface area contributed by atoms with E-state index in [0.29, 0.717) is 0 Å². The van der Waals surface area contributed by atoms with Crippen LogP contribution in [-0.2, 0) is 0 Å². The van der Waals surface area contributed by atoms with E-state index in [-0.39, 0.29) is 10.8 Å². The molecular formula is C12H6ClFN2O5. The monoisotopic (exact) mass is 312 g/mol. The van der Waals surface area contributed by atoms with Gasteiger partial charge in [-0.25, -0.2) is 9.18 Å². The number of pyridine rings is 1. The Balaban J connectivity index is 2.45. The lowest BCUT2D eigenvalue weighted by molar-refractivity contribution is -0.386. The third-order valence-corrected chi connectivity index (χ3v) is 2.65. The van der Waals surface area contributed by atoms with Gasteiger partial charge in [-0.05, 0) is 18.2 Å². The van der Waals surface area contributed by atoms with Gasteiger partial charge in [0.1, 0.15) is 11.6 Å². The Bertz CT molecular complexity index is 738. The fourth-order valence-electron chi connectivity index (χ4n) is 1.42. The highest BCUT2D eigenvalue weighted by atomic mass is 35.5. The third kappa shape index (κ3) is 3.23. The Morgan fingerprint density at radius 2 is 2.10 bits per heavy atom. The Morgan fingerprint density at radius 1 is 1.38 bits per heavy atom. The van der Waals surface area contributed by atoms with Crippen molar-refractivity contribution in [2.24, 2.45) is 0 Å². The Labute approximate surface area is 121 Å². The van der Waals surface area contributed by atoms with Crippen molar-refractivity contribution in [1.29, 1.82) is 0 Å². The van der Waals surface area contributed by atoms with E-state index in [0.717, 1.165) is 24.3 Å². The summed E-state index contributed by atoms with van der Waals surface area (Å²) in [6.07, 6.45) is 0. The molecule has 1 aromatic heterocycles. The van der Waals surface area contributed by atoms with E-state index in [4.69, 9.17) is 21.4 Å². The van der Waals surface area contributed by atoms with Crippen LogP contribution in [0.3, 0.4) is 0 Å². The van der Waals surface area contributed by atoms with Crippen molar-refractivity contribution in [3.8, 4) is 11.6 Å². The lowest BCUT2D eigenvalue weighted by Crippen LogP contribution is -2.04. The van der Waals surface area contributed by atoms with E-state index in [1.807, 2.05) is 0 Å². The third-order valence-electron chi connectivity index (χ3n) is 2.36. The molecule has 0 saturated heterocycles. The molecule has 2 rings (SSSR count). The quantitative estimate of drug-likeness (QED) is 0.686. The van der Waals surface area contributed by atoms with Gasteiger partial charge in [0.05, 0.1) is 9.95 Å². The molecule has 0 radical (unpaired) electrons. The van der Waals surface area contributed by atoms with Gasteiger partial charge in [0.15, 0.2) is 5.69 Å². The molecule has 0 spiro atoms. The summed E-state index contributed by atoms with van der Waals surface area (Å²) < 4.78 is 18.2. The molecule has 21 heavy (non-hydrogen) atoms. The minimum atomic E-state index is -1.37. The second kappa shape index (κ2) is 5.71. The van der Waals surface area contributed by atoms with Crippen molar-refractivity contribution in [2.45, 2.75) is 0 Å². The molecule has 0 fully saturated rings. The molecule has 1 aromatic carbocycles. The number of aromatic nitrogens is 1. The average molecular weight is 313 g/mol. The van der Waals surface area contributed by atoms with Crippen LogP contribution in [0, 0.1) is 15.9 Å². The number of rotatable bonds is 4. The first-order valence-corrected chi connectivity index (χ1v) is 5.78. The smallest absolute Gasteiger partial charge is 0.354 e. The second-order valence-electron chi connectivity index (χ2n) is 3.76. The maximum Gasteiger partial charge on any atom is 0.354 e. The minimum absolute atomic E-state index is 0.0143. The lowest BCUT2D eigenvalue weighted by atomic mass is 10.3. The van der Waals surface area contributed by atoms with Crippen LogP contribution < -0.4 is 4.74 Å². The maximum absolute atomic E-state index is 13.0. The van der Waals surface area contributed by atoms with Gasteiger partial charge < -0.3 is 9.84 Å². The molecule has 1 heterocycles. The fraction of sp³-hybridized carbons (Fsp3) is 0. The van der Waals surface area contributed by atoms with Gasteiger partial charge in [-0.1, -0.05) is 11.6 Å². The first-order valence-electron chi connectivity index (χ1n) is 5.40. The van der Waals surface area contributed by atoms with E-state index in [1.165, 1.54) is 6.07 Å². The average Bonchev–Trinajstić information content (AvgIpc) is 2.42. The van der Waals surface area contributed by atoms with E-state index >= 15 is 0 Å². The summed E-state index contributed by atoms with van der Waals surface area (Å²) >= 11 is 5.56. The number of hydrogen-bond donors (Lipinski definition) is 1. The molecule has 0 atom stereocenters. The summed E-state index contributed by atoms with van der Waals surface area (Å²) in [4.78, 5) is 24.5. The number of benzene rings is 1. The zero-order valence-electron chi connectivity index (χ0n) is 10.1. The van der Waals surface area contributed by atoms with Gasteiger partial charge in [-0.2, -0.15) is 4.98 Å². The van der Waals surface area contributed by atoms with E-state index in [9.17, 15) is 19.3 Å². The minimum Gasteiger partial charge on any atom is -0.477 e. The summed E-state index contributed by atoms with van der Waals surface area (Å²) in [5.74, 6) is -2.60. The summed E-state index contributed by atoms with van der Waals surface area (Å²) in [7, 11) is 0. The van der Waals surface area contributed by atoms with Crippen LogP contribution in [0.1, 0.15) is 10.5 Å². The first-order chi connectivity index (χ1) is 9.88. The predicted octanol–water partition coefficient (Wildman–Crippen LogP) is 3.27.